The summed E-state index contributed by atoms with van der Waals surface area (Å²) in [6.07, 6.45) is 0. The van der Waals surface area contributed by atoms with Gasteiger partial charge < -0.3 is 24.8 Å². The number of carbonyl (C=O) groups is 2. The van der Waals surface area contributed by atoms with Gasteiger partial charge in [-0.1, -0.05) is 0 Å². The van der Waals surface area contributed by atoms with E-state index in [1.165, 1.54) is 0 Å². The Morgan fingerprint density at radius 2 is 1.75 bits per heavy atom. The second kappa shape index (κ2) is 7.98. The van der Waals surface area contributed by atoms with Crippen LogP contribution in [0.5, 0.6) is 11.5 Å². The van der Waals surface area contributed by atoms with Gasteiger partial charge in [0.1, 0.15) is 13.2 Å². The molecule has 2 heterocycles. The van der Waals surface area contributed by atoms with Crippen molar-refractivity contribution in [3.8, 4) is 11.5 Å². The molecule has 0 unspecified atom stereocenters. The predicted molar refractivity (Wildman–Crippen MR) is 86.3 cm³/mol. The van der Waals surface area contributed by atoms with E-state index in [0.29, 0.717) is 56.7 Å². The molecule has 0 atom stereocenters. The first kappa shape index (κ1) is 16.5. The lowest BCUT2D eigenvalue weighted by Crippen LogP contribution is -2.43. The van der Waals surface area contributed by atoms with Crippen molar-refractivity contribution in [2.75, 3.05) is 57.9 Å². The summed E-state index contributed by atoms with van der Waals surface area (Å²) in [6.45, 7) is 5.20. The molecule has 0 aliphatic carbocycles. The van der Waals surface area contributed by atoms with Crippen LogP contribution in [-0.2, 0) is 14.3 Å². The molecule has 2 aliphatic rings. The maximum Gasteiger partial charge on any atom is 0.313 e. The molecule has 1 aromatic rings. The highest BCUT2D eigenvalue weighted by molar-refractivity contribution is 6.39. The third-order valence-electron chi connectivity index (χ3n) is 3.82. The number of anilines is 1. The van der Waals surface area contributed by atoms with E-state index in [0.717, 1.165) is 13.1 Å². The van der Waals surface area contributed by atoms with Crippen molar-refractivity contribution in [3.05, 3.63) is 18.2 Å². The molecule has 2 N–H and O–H groups in total. The number of hydrogen-bond donors (Lipinski definition) is 2. The van der Waals surface area contributed by atoms with Gasteiger partial charge in [0, 0.05) is 37.9 Å². The molecule has 3 rings (SSSR count). The van der Waals surface area contributed by atoms with E-state index in [-0.39, 0.29) is 0 Å². The van der Waals surface area contributed by atoms with E-state index in [1.54, 1.807) is 18.2 Å². The van der Waals surface area contributed by atoms with E-state index in [4.69, 9.17) is 14.2 Å². The Labute approximate surface area is 140 Å². The molecule has 24 heavy (non-hydrogen) atoms. The quantitative estimate of drug-likeness (QED) is 0.744. The number of ether oxygens (including phenoxy) is 3. The average Bonchev–Trinajstić information content (AvgIpc) is 2.62. The molecule has 8 heteroatoms. The molecule has 0 saturated carbocycles. The van der Waals surface area contributed by atoms with Gasteiger partial charge in [0.25, 0.3) is 0 Å². The fourth-order valence-corrected chi connectivity index (χ4v) is 2.54. The third-order valence-corrected chi connectivity index (χ3v) is 3.82. The number of benzene rings is 1. The fourth-order valence-electron chi connectivity index (χ4n) is 2.54. The summed E-state index contributed by atoms with van der Waals surface area (Å²) < 4.78 is 16.1. The molecule has 0 radical (unpaired) electrons. The first-order valence-electron chi connectivity index (χ1n) is 8.01. The highest BCUT2D eigenvalue weighted by Crippen LogP contribution is 2.32. The third kappa shape index (κ3) is 4.36. The number of fused-ring (bicyclic) bond motifs is 1. The summed E-state index contributed by atoms with van der Waals surface area (Å²) >= 11 is 0. The van der Waals surface area contributed by atoms with Crippen LogP contribution >= 0.6 is 0 Å². The van der Waals surface area contributed by atoms with Gasteiger partial charge in [-0.25, -0.2) is 0 Å². The minimum Gasteiger partial charge on any atom is -0.486 e. The number of carbonyl (C=O) groups excluding carboxylic acids is 2. The van der Waals surface area contributed by atoms with Gasteiger partial charge in [-0.3, -0.25) is 14.5 Å². The minimum absolute atomic E-state index is 0.424. The van der Waals surface area contributed by atoms with Crippen LogP contribution in [0, 0.1) is 0 Å². The van der Waals surface area contributed by atoms with Gasteiger partial charge in [-0.15, -0.1) is 0 Å². The smallest absolute Gasteiger partial charge is 0.313 e. The van der Waals surface area contributed by atoms with Crippen LogP contribution in [0.3, 0.4) is 0 Å². The van der Waals surface area contributed by atoms with E-state index in [2.05, 4.69) is 15.5 Å². The number of morpholine rings is 1. The normalized spacial score (nSPS) is 17.2. The Morgan fingerprint density at radius 1 is 1.00 bits per heavy atom. The summed E-state index contributed by atoms with van der Waals surface area (Å²) in [5.41, 5.74) is 0.493. The maximum atomic E-state index is 11.9. The van der Waals surface area contributed by atoms with Crippen molar-refractivity contribution >= 4 is 17.5 Å². The Hall–Kier alpha value is -2.32. The monoisotopic (exact) mass is 335 g/mol. The number of nitrogens with one attached hydrogen (secondary N) is 2. The highest BCUT2D eigenvalue weighted by Gasteiger charge is 2.17. The van der Waals surface area contributed by atoms with Crippen LogP contribution in [0.15, 0.2) is 18.2 Å². The zero-order valence-electron chi connectivity index (χ0n) is 13.4. The Kier molecular flexibility index (Phi) is 5.50. The Morgan fingerprint density at radius 3 is 2.54 bits per heavy atom. The number of hydrogen-bond acceptors (Lipinski definition) is 6. The summed E-state index contributed by atoms with van der Waals surface area (Å²) in [5.74, 6) is -0.159. The van der Waals surface area contributed by atoms with Crippen LogP contribution < -0.4 is 20.1 Å². The predicted octanol–water partition coefficient (Wildman–Crippen LogP) is -0.155. The van der Waals surface area contributed by atoms with Gasteiger partial charge in [-0.05, 0) is 12.1 Å². The number of nitrogens with zero attached hydrogens (tertiary/aromatic N) is 1. The molecule has 1 fully saturated rings. The molecule has 0 aromatic heterocycles. The van der Waals surface area contributed by atoms with Crippen LogP contribution in [0.4, 0.5) is 5.69 Å². The standard InChI is InChI=1S/C16H21N3O5/c20-15(17-3-4-19-5-7-22-8-6-19)16(21)18-12-1-2-13-14(11-12)24-10-9-23-13/h1-2,11H,3-10H2,(H,17,20)(H,18,21). The Balaban J connectivity index is 1.44. The van der Waals surface area contributed by atoms with Crippen molar-refractivity contribution in [3.63, 3.8) is 0 Å². The second-order valence-corrected chi connectivity index (χ2v) is 5.52. The molecule has 0 bridgehead atoms. The molecule has 1 aromatic carbocycles. The van der Waals surface area contributed by atoms with Crippen molar-refractivity contribution in [2.45, 2.75) is 0 Å². The van der Waals surface area contributed by atoms with E-state index in [9.17, 15) is 9.59 Å². The molecule has 8 nitrogen and oxygen atoms in total. The lowest BCUT2D eigenvalue weighted by molar-refractivity contribution is -0.136. The number of amides is 2. The van der Waals surface area contributed by atoms with E-state index < -0.39 is 11.8 Å². The van der Waals surface area contributed by atoms with Crippen molar-refractivity contribution in [1.29, 1.82) is 0 Å². The number of rotatable bonds is 4. The molecule has 0 spiro atoms. The van der Waals surface area contributed by atoms with Gasteiger partial charge in [-0.2, -0.15) is 0 Å². The van der Waals surface area contributed by atoms with Crippen LogP contribution in [-0.4, -0.2) is 69.3 Å². The maximum absolute atomic E-state index is 11.9. The van der Waals surface area contributed by atoms with E-state index in [1.807, 2.05) is 0 Å². The van der Waals surface area contributed by atoms with Gasteiger partial charge in [0.15, 0.2) is 11.5 Å². The lowest BCUT2D eigenvalue weighted by atomic mass is 10.2. The van der Waals surface area contributed by atoms with Crippen molar-refractivity contribution in [2.24, 2.45) is 0 Å². The average molecular weight is 335 g/mol. The summed E-state index contributed by atoms with van der Waals surface area (Å²) in [5, 5.41) is 5.18. The van der Waals surface area contributed by atoms with Gasteiger partial charge >= 0.3 is 11.8 Å². The lowest BCUT2D eigenvalue weighted by Gasteiger charge is -2.26. The topological polar surface area (TPSA) is 89.1 Å². The highest BCUT2D eigenvalue weighted by atomic mass is 16.6. The fraction of sp³-hybridized carbons (Fsp3) is 0.500. The second-order valence-electron chi connectivity index (χ2n) is 5.52. The van der Waals surface area contributed by atoms with E-state index >= 15 is 0 Å². The summed E-state index contributed by atoms with van der Waals surface area (Å²) in [7, 11) is 0. The zero-order valence-corrected chi connectivity index (χ0v) is 13.4. The first-order valence-corrected chi connectivity index (χ1v) is 8.01. The zero-order chi connectivity index (χ0) is 16.8. The molecule has 130 valence electrons. The molecular weight excluding hydrogens is 314 g/mol. The molecule has 1 saturated heterocycles. The molecular formula is C16H21N3O5. The first-order chi connectivity index (χ1) is 11.7. The van der Waals surface area contributed by atoms with Crippen LogP contribution in [0.25, 0.3) is 0 Å². The minimum atomic E-state index is -0.700. The van der Waals surface area contributed by atoms with Gasteiger partial charge in [0.05, 0.1) is 13.2 Å². The van der Waals surface area contributed by atoms with Gasteiger partial charge in [0.2, 0.25) is 0 Å². The Bertz CT molecular complexity index is 601. The molecule has 2 aliphatic heterocycles. The largest absolute Gasteiger partial charge is 0.486 e. The van der Waals surface area contributed by atoms with Crippen LogP contribution in [0.1, 0.15) is 0 Å². The molecule has 2 amide bonds. The van der Waals surface area contributed by atoms with Crippen molar-refractivity contribution < 1.29 is 23.8 Å². The van der Waals surface area contributed by atoms with Crippen molar-refractivity contribution in [1.82, 2.24) is 10.2 Å². The van der Waals surface area contributed by atoms with Crippen LogP contribution in [0.2, 0.25) is 0 Å². The summed E-state index contributed by atoms with van der Waals surface area (Å²) in [4.78, 5) is 26.0. The summed E-state index contributed by atoms with van der Waals surface area (Å²) in [6, 6.07) is 5.03. The SMILES string of the molecule is O=C(NCCN1CCOCC1)C(=O)Nc1ccc2c(c1)OCCO2.